The lowest BCUT2D eigenvalue weighted by Gasteiger charge is -2.05. The number of carbonyl (C=O) groups is 1. The summed E-state index contributed by atoms with van der Waals surface area (Å²) >= 11 is 0. The molecule has 20 heavy (non-hydrogen) atoms. The van der Waals surface area contributed by atoms with Crippen LogP contribution in [0.25, 0.3) is 0 Å². The highest BCUT2D eigenvalue weighted by atomic mass is 16.5. The van der Waals surface area contributed by atoms with Crippen molar-refractivity contribution in [3.8, 4) is 11.8 Å². The number of nitrogens with zero attached hydrogens (tertiary/aromatic N) is 3. The van der Waals surface area contributed by atoms with Gasteiger partial charge in [-0.2, -0.15) is 4.98 Å². The van der Waals surface area contributed by atoms with Crippen LogP contribution in [0.3, 0.4) is 0 Å². The number of rotatable bonds is 4. The number of amides is 1. The van der Waals surface area contributed by atoms with Crippen molar-refractivity contribution in [2.75, 3.05) is 13.1 Å². The van der Waals surface area contributed by atoms with Gasteiger partial charge < -0.3 is 15.6 Å². The average molecular weight is 271 g/mol. The lowest BCUT2D eigenvalue weighted by Crippen LogP contribution is -2.26. The van der Waals surface area contributed by atoms with E-state index in [-0.39, 0.29) is 12.5 Å². The number of pyridine rings is 1. The van der Waals surface area contributed by atoms with E-state index in [9.17, 15) is 4.79 Å². The van der Waals surface area contributed by atoms with Crippen LogP contribution in [-0.4, -0.2) is 34.1 Å². The van der Waals surface area contributed by atoms with E-state index in [1.54, 1.807) is 12.3 Å². The Balaban J connectivity index is 1.98. The highest BCUT2D eigenvalue weighted by Gasteiger charge is 2.09. The predicted octanol–water partition coefficient (Wildman–Crippen LogP) is -0.253. The fraction of sp³-hybridized carbons (Fsp3) is 0.231. The van der Waals surface area contributed by atoms with Crippen LogP contribution in [0.15, 0.2) is 29.4 Å². The second kappa shape index (κ2) is 7.01. The van der Waals surface area contributed by atoms with Gasteiger partial charge >= 0.3 is 0 Å². The third-order valence-corrected chi connectivity index (χ3v) is 2.43. The molecule has 2 aromatic heterocycles. The first-order valence-corrected chi connectivity index (χ1v) is 5.97. The molecular formula is C13H13N5O2. The molecule has 0 spiro atoms. The minimum absolute atomic E-state index is 0.225. The molecule has 0 aliphatic carbocycles. The van der Waals surface area contributed by atoms with Crippen LogP contribution in [0.4, 0.5) is 0 Å². The van der Waals surface area contributed by atoms with Crippen LogP contribution >= 0.6 is 0 Å². The van der Waals surface area contributed by atoms with E-state index in [0.29, 0.717) is 29.9 Å². The Bertz CT molecular complexity index is 628. The summed E-state index contributed by atoms with van der Waals surface area (Å²) in [6.45, 7) is 0.637. The summed E-state index contributed by atoms with van der Waals surface area (Å²) in [5.41, 5.74) is 6.34. The first-order valence-electron chi connectivity index (χ1n) is 5.97. The molecule has 0 unspecified atom stereocenters. The van der Waals surface area contributed by atoms with Crippen molar-refractivity contribution in [1.29, 1.82) is 0 Å². The van der Waals surface area contributed by atoms with E-state index in [1.165, 1.54) is 12.6 Å². The van der Waals surface area contributed by atoms with Crippen molar-refractivity contribution in [3.05, 3.63) is 41.8 Å². The second-order valence-corrected chi connectivity index (χ2v) is 3.78. The van der Waals surface area contributed by atoms with E-state index in [1.807, 2.05) is 0 Å². The fourth-order valence-corrected chi connectivity index (χ4v) is 1.52. The van der Waals surface area contributed by atoms with Gasteiger partial charge in [-0.25, -0.2) is 0 Å². The molecule has 0 radical (unpaired) electrons. The van der Waals surface area contributed by atoms with E-state index in [4.69, 9.17) is 5.73 Å². The molecule has 7 heteroatoms. The van der Waals surface area contributed by atoms with Crippen molar-refractivity contribution < 1.29 is 9.32 Å². The molecule has 0 aromatic carbocycles. The summed E-state index contributed by atoms with van der Waals surface area (Å²) in [5.74, 6) is 5.84. The maximum atomic E-state index is 12.1. The Labute approximate surface area is 115 Å². The molecule has 0 bridgehead atoms. The lowest BCUT2D eigenvalue weighted by atomic mass is 10.1. The quantitative estimate of drug-likeness (QED) is 0.742. The van der Waals surface area contributed by atoms with Crippen LogP contribution in [0, 0.1) is 11.8 Å². The van der Waals surface area contributed by atoms with E-state index in [0.717, 1.165) is 0 Å². The van der Waals surface area contributed by atoms with Crippen LogP contribution in [0.1, 0.15) is 21.7 Å². The van der Waals surface area contributed by atoms with Gasteiger partial charge in [0.15, 0.2) is 5.82 Å². The predicted molar refractivity (Wildman–Crippen MR) is 70.5 cm³/mol. The summed E-state index contributed by atoms with van der Waals surface area (Å²) in [7, 11) is 0. The normalized spacial score (nSPS) is 9.65. The Kier molecular flexibility index (Phi) is 4.81. The molecule has 3 N–H and O–H groups in total. The molecule has 0 atom stereocenters. The minimum Gasteiger partial charge on any atom is -0.352 e. The zero-order valence-electron chi connectivity index (χ0n) is 10.7. The largest absolute Gasteiger partial charge is 0.352 e. The third kappa shape index (κ3) is 3.63. The van der Waals surface area contributed by atoms with E-state index >= 15 is 0 Å². The van der Waals surface area contributed by atoms with Crippen molar-refractivity contribution in [2.24, 2.45) is 5.73 Å². The maximum absolute atomic E-state index is 12.1. The Morgan fingerprint density at radius 1 is 1.50 bits per heavy atom. The molecule has 0 saturated carbocycles. The lowest BCUT2D eigenvalue weighted by molar-refractivity contribution is 0.0953. The summed E-state index contributed by atoms with van der Waals surface area (Å²) in [4.78, 5) is 19.9. The van der Waals surface area contributed by atoms with Crippen molar-refractivity contribution in [1.82, 2.24) is 20.4 Å². The summed E-state index contributed by atoms with van der Waals surface area (Å²) in [6, 6.07) is 1.62. The van der Waals surface area contributed by atoms with Crippen molar-refractivity contribution in [3.63, 3.8) is 0 Å². The number of carbonyl (C=O) groups excluding carboxylic acids is 1. The summed E-state index contributed by atoms with van der Waals surface area (Å²) < 4.78 is 4.61. The van der Waals surface area contributed by atoms with Gasteiger partial charge in [-0.05, 0) is 6.07 Å². The average Bonchev–Trinajstić information content (AvgIpc) is 2.98. The van der Waals surface area contributed by atoms with Gasteiger partial charge in [-0.15, -0.1) is 0 Å². The SMILES string of the molecule is NCC#Cc1cnccc1C(=O)NCCc1ncon1. The number of nitrogens with two attached hydrogens (primary N) is 1. The fourth-order valence-electron chi connectivity index (χ4n) is 1.52. The highest BCUT2D eigenvalue weighted by Crippen LogP contribution is 2.05. The minimum atomic E-state index is -0.225. The molecule has 2 rings (SSSR count). The van der Waals surface area contributed by atoms with Gasteiger partial charge in [0.1, 0.15) is 0 Å². The number of aromatic nitrogens is 3. The Morgan fingerprint density at radius 2 is 2.40 bits per heavy atom. The van der Waals surface area contributed by atoms with Crippen molar-refractivity contribution >= 4 is 5.91 Å². The molecule has 2 aromatic rings. The molecule has 0 saturated heterocycles. The first kappa shape index (κ1) is 13.7. The molecule has 0 aliphatic rings. The second-order valence-electron chi connectivity index (χ2n) is 3.78. The van der Waals surface area contributed by atoms with Gasteiger partial charge in [-0.1, -0.05) is 17.0 Å². The zero-order chi connectivity index (χ0) is 14.2. The van der Waals surface area contributed by atoms with Gasteiger partial charge in [0, 0.05) is 25.4 Å². The Hall–Kier alpha value is -2.72. The standard InChI is InChI=1S/C13H13N5O2/c14-5-1-2-10-8-15-6-3-11(10)13(19)16-7-4-12-17-9-20-18-12/h3,6,8-9H,4-5,7,14H2,(H,16,19). The third-order valence-electron chi connectivity index (χ3n) is 2.43. The number of hydrogen-bond donors (Lipinski definition) is 2. The van der Waals surface area contributed by atoms with Crippen molar-refractivity contribution in [2.45, 2.75) is 6.42 Å². The van der Waals surface area contributed by atoms with Crippen LogP contribution < -0.4 is 11.1 Å². The molecule has 0 aliphatic heterocycles. The van der Waals surface area contributed by atoms with E-state index in [2.05, 4.69) is 36.8 Å². The van der Waals surface area contributed by atoms with Gasteiger partial charge in [0.2, 0.25) is 6.39 Å². The molecule has 2 heterocycles. The van der Waals surface area contributed by atoms with Crippen LogP contribution in [0.5, 0.6) is 0 Å². The highest BCUT2D eigenvalue weighted by molar-refractivity contribution is 5.96. The maximum Gasteiger partial charge on any atom is 0.252 e. The summed E-state index contributed by atoms with van der Waals surface area (Å²) in [6.07, 6.45) is 4.83. The Morgan fingerprint density at radius 3 is 3.15 bits per heavy atom. The number of nitrogens with one attached hydrogen (secondary N) is 1. The summed E-state index contributed by atoms with van der Waals surface area (Å²) in [5, 5.41) is 6.43. The number of hydrogen-bond acceptors (Lipinski definition) is 6. The molecule has 1 amide bonds. The zero-order valence-corrected chi connectivity index (χ0v) is 10.7. The topological polar surface area (TPSA) is 107 Å². The molecule has 0 fully saturated rings. The smallest absolute Gasteiger partial charge is 0.252 e. The van der Waals surface area contributed by atoms with Gasteiger partial charge in [0.05, 0.1) is 17.7 Å². The molecule has 7 nitrogen and oxygen atoms in total. The monoisotopic (exact) mass is 271 g/mol. The van der Waals surface area contributed by atoms with Gasteiger partial charge in [-0.3, -0.25) is 9.78 Å². The molecule has 102 valence electrons. The first-order chi connectivity index (χ1) is 9.81. The van der Waals surface area contributed by atoms with Crippen LogP contribution in [-0.2, 0) is 6.42 Å². The van der Waals surface area contributed by atoms with E-state index < -0.39 is 0 Å². The molecular weight excluding hydrogens is 258 g/mol. The van der Waals surface area contributed by atoms with Gasteiger partial charge in [0.25, 0.3) is 5.91 Å². The van der Waals surface area contributed by atoms with Crippen LogP contribution in [0.2, 0.25) is 0 Å².